The molecule has 0 spiro atoms. The molecule has 0 aromatic rings. The maximum Gasteiger partial charge on any atom is 0 e. The van der Waals surface area contributed by atoms with E-state index in [-0.39, 0.29) is 76.6 Å². The van der Waals surface area contributed by atoms with Gasteiger partial charge >= 0.3 is 0 Å². The summed E-state index contributed by atoms with van der Waals surface area (Å²) >= 11 is 0. The average molecular weight is 377 g/mol. The fourth-order valence-corrected chi connectivity index (χ4v) is 0. The minimum absolute atomic E-state index is 0. The van der Waals surface area contributed by atoms with E-state index in [4.69, 9.17) is 0 Å². The van der Waals surface area contributed by atoms with Crippen LogP contribution in [-0.4, -0.2) is 31.3 Å². The van der Waals surface area contributed by atoms with Crippen LogP contribution >= 0.6 is 0 Å². The third kappa shape index (κ3) is 8.85. The predicted molar refractivity (Wildman–Crippen MR) is 9.37 cm³/mol. The second-order valence-electron chi connectivity index (χ2n) is 0. The molecule has 0 rings (SSSR count). The Hall–Kier alpha value is 2.32. The first-order chi connectivity index (χ1) is 0. The Kier molecular flexibility index (Phi) is 153. The quantitative estimate of drug-likeness (QED) is 0.475. The van der Waals surface area contributed by atoms with Crippen LogP contribution in [-0.2, 0) is 45.3 Å². The zero-order valence-electron chi connectivity index (χ0n) is 2.28. The molecule has 2 N–H and O–H groups in total. The van der Waals surface area contributed by atoms with Crippen LogP contribution in [0, 0.1) is 0 Å². The van der Waals surface area contributed by atoms with Gasteiger partial charge in [0.15, 0.2) is 0 Å². The molecule has 0 fully saturated rings. The van der Waals surface area contributed by atoms with E-state index in [1.165, 1.54) is 0 Å². The van der Waals surface area contributed by atoms with Crippen LogP contribution in [0.25, 0.3) is 0 Å². The first kappa shape index (κ1) is 33.2. The molecule has 0 aliphatic rings. The molecule has 3 radical (unpaired) electrons. The summed E-state index contributed by atoms with van der Waals surface area (Å²) in [5.41, 5.74) is 0. The van der Waals surface area contributed by atoms with Crippen molar-refractivity contribution in [1.29, 1.82) is 0 Å². The van der Waals surface area contributed by atoms with Crippen LogP contribution in [0.1, 0.15) is 0 Å². The SMILES string of the molecule is O.[Hf].[In].[Zn]. The Balaban J connectivity index is 0. The summed E-state index contributed by atoms with van der Waals surface area (Å²) in [5, 5.41) is 0. The van der Waals surface area contributed by atoms with Crippen LogP contribution < -0.4 is 0 Å². The molecule has 0 aliphatic heterocycles. The monoisotopic (exact) mass is 377 g/mol. The molecule has 0 saturated carbocycles. The fraction of sp³-hybridized carbons (Fsp3) is 0. The van der Waals surface area contributed by atoms with E-state index in [9.17, 15) is 0 Å². The Morgan fingerprint density at radius 1 is 1.00 bits per heavy atom. The molecule has 0 unspecified atom stereocenters. The molecule has 0 atom stereocenters. The van der Waals surface area contributed by atoms with Crippen molar-refractivity contribution in [3.63, 3.8) is 0 Å². The number of hydrogen-bond donors (Lipinski definition) is 0. The van der Waals surface area contributed by atoms with Gasteiger partial charge in [0.2, 0.25) is 0 Å². The van der Waals surface area contributed by atoms with Crippen molar-refractivity contribution in [3.05, 3.63) is 0 Å². The summed E-state index contributed by atoms with van der Waals surface area (Å²) in [5.74, 6) is 0. The Labute approximate surface area is 75.5 Å². The van der Waals surface area contributed by atoms with Gasteiger partial charge in [0.1, 0.15) is 0 Å². The second kappa shape index (κ2) is 18.4. The molecule has 0 bridgehead atoms. The smallest absolute Gasteiger partial charge is 0 e. The van der Waals surface area contributed by atoms with Crippen LogP contribution in [0.4, 0.5) is 0 Å². The topological polar surface area (TPSA) is 31.5 Å². The van der Waals surface area contributed by atoms with Gasteiger partial charge in [-0.25, -0.2) is 0 Å². The first-order valence-corrected chi connectivity index (χ1v) is 0. The summed E-state index contributed by atoms with van der Waals surface area (Å²) in [4.78, 5) is 0. The van der Waals surface area contributed by atoms with Gasteiger partial charge in [0.05, 0.1) is 0 Å². The Bertz CT molecular complexity index is 8.00. The van der Waals surface area contributed by atoms with Crippen molar-refractivity contribution in [1.82, 2.24) is 0 Å². The molecule has 0 saturated heterocycles. The largest absolute Gasteiger partial charge is 0.412 e. The van der Waals surface area contributed by atoms with Crippen LogP contribution in [0.5, 0.6) is 0 Å². The van der Waals surface area contributed by atoms with Gasteiger partial charge in [-0.2, -0.15) is 0 Å². The second-order valence-corrected chi connectivity index (χ2v) is 0. The Morgan fingerprint density at radius 2 is 1.00 bits per heavy atom. The van der Waals surface area contributed by atoms with Gasteiger partial charge in [-0.05, 0) is 0 Å². The van der Waals surface area contributed by atoms with Crippen molar-refractivity contribution in [3.8, 4) is 0 Å². The van der Waals surface area contributed by atoms with Crippen LogP contribution in [0.2, 0.25) is 0 Å². The van der Waals surface area contributed by atoms with E-state index in [1.807, 2.05) is 0 Å². The fourth-order valence-electron chi connectivity index (χ4n) is 0. The van der Waals surface area contributed by atoms with Crippen molar-refractivity contribution in [2.45, 2.75) is 0 Å². The predicted octanol–water partition coefficient (Wildman–Crippen LogP) is -1.21. The summed E-state index contributed by atoms with van der Waals surface area (Å²) in [6.07, 6.45) is 0. The van der Waals surface area contributed by atoms with Gasteiger partial charge in [0.25, 0.3) is 0 Å². The summed E-state index contributed by atoms with van der Waals surface area (Å²) in [6, 6.07) is 0. The number of rotatable bonds is 0. The van der Waals surface area contributed by atoms with Crippen molar-refractivity contribution in [2.75, 3.05) is 0 Å². The molecule has 17 valence electrons. The maximum atomic E-state index is 0. The van der Waals surface area contributed by atoms with Crippen molar-refractivity contribution >= 4 is 25.8 Å². The van der Waals surface area contributed by atoms with Crippen LogP contribution in [0.15, 0.2) is 0 Å². The third-order valence-electron chi connectivity index (χ3n) is 0. The van der Waals surface area contributed by atoms with Crippen LogP contribution in [0.3, 0.4) is 0 Å². The van der Waals surface area contributed by atoms with E-state index >= 15 is 0 Å². The normalized spacial score (nSPS) is 0. The summed E-state index contributed by atoms with van der Waals surface area (Å²) in [7, 11) is 0. The third-order valence-corrected chi connectivity index (χ3v) is 0. The molecule has 0 aromatic heterocycles. The molecular weight excluding hydrogens is 375 g/mol. The maximum absolute atomic E-state index is 0. The molecule has 4 heavy (non-hydrogen) atoms. The standard InChI is InChI=1S/Hf.In.H2O.Zn/h;;1H2;. The van der Waals surface area contributed by atoms with Crippen molar-refractivity contribution < 1.29 is 50.8 Å². The van der Waals surface area contributed by atoms with Gasteiger partial charge in [0, 0.05) is 71.2 Å². The first-order valence-electron chi connectivity index (χ1n) is 0. The van der Waals surface area contributed by atoms with Crippen molar-refractivity contribution in [2.24, 2.45) is 0 Å². The van der Waals surface area contributed by atoms with E-state index in [1.54, 1.807) is 0 Å². The van der Waals surface area contributed by atoms with E-state index in [2.05, 4.69) is 0 Å². The number of hydrogen-bond acceptors (Lipinski definition) is 0. The van der Waals surface area contributed by atoms with E-state index in [0.29, 0.717) is 0 Å². The molecular formula is H2HfInOZn. The minimum Gasteiger partial charge on any atom is -0.412 e. The molecule has 0 aromatic carbocycles. The van der Waals surface area contributed by atoms with Gasteiger partial charge < -0.3 is 5.48 Å². The molecule has 4 heteroatoms. The molecule has 0 heterocycles. The summed E-state index contributed by atoms with van der Waals surface area (Å²) in [6.45, 7) is 0. The van der Waals surface area contributed by atoms with Gasteiger partial charge in [-0.3, -0.25) is 0 Å². The Morgan fingerprint density at radius 3 is 1.00 bits per heavy atom. The van der Waals surface area contributed by atoms with Gasteiger partial charge in [-0.15, -0.1) is 0 Å². The zero-order valence-corrected chi connectivity index (χ0v) is 12.1. The summed E-state index contributed by atoms with van der Waals surface area (Å²) < 4.78 is 0. The molecule has 0 aliphatic carbocycles. The molecule has 0 amide bonds. The average Bonchev–Trinajstić information content (AvgIpc) is 0. The van der Waals surface area contributed by atoms with E-state index in [0.717, 1.165) is 0 Å². The molecule has 1 nitrogen and oxygen atoms in total. The minimum atomic E-state index is 0. The zero-order chi connectivity index (χ0) is 0. The van der Waals surface area contributed by atoms with Gasteiger partial charge in [-0.1, -0.05) is 0 Å². The van der Waals surface area contributed by atoms with E-state index < -0.39 is 0 Å².